The van der Waals surface area contributed by atoms with Gasteiger partial charge in [-0.15, -0.1) is 0 Å². The largest absolute Gasteiger partial charge is 0.332 e. The molecule has 0 saturated heterocycles. The molecule has 0 aromatic heterocycles. The van der Waals surface area contributed by atoms with E-state index in [2.05, 4.69) is 170 Å². The van der Waals surface area contributed by atoms with Crippen molar-refractivity contribution in [2.24, 2.45) is 0 Å². The van der Waals surface area contributed by atoms with Gasteiger partial charge in [0.2, 0.25) is 17.9 Å². The molecule has 205 valence electrons. The summed E-state index contributed by atoms with van der Waals surface area (Å²) in [7, 11) is -3.10. The van der Waals surface area contributed by atoms with Crippen molar-refractivity contribution >= 4 is 47.5 Å². The predicted molar refractivity (Wildman–Crippen MR) is 183 cm³/mol. The third kappa shape index (κ3) is 7.52. The fourth-order valence-corrected chi connectivity index (χ4v) is 16.1. The molecule has 1 atom stereocenters. The normalized spacial score (nSPS) is 12.3. The summed E-state index contributed by atoms with van der Waals surface area (Å²) in [5, 5.41) is 5.88. The Hall–Kier alpha value is -3.29. The average molecular weight is 583 g/mol. The Bertz CT molecular complexity index is 1250. The van der Waals surface area contributed by atoms with Crippen molar-refractivity contribution in [3.63, 3.8) is 0 Å². The summed E-state index contributed by atoms with van der Waals surface area (Å²) in [5.41, 5.74) is 2.14. The summed E-state index contributed by atoms with van der Waals surface area (Å²) in [6, 6.07) is 59.3. The maximum absolute atomic E-state index is 3.04. The molecule has 3 radical (unpaired) electrons. The monoisotopic (exact) mass is 582 g/mol. The molecule has 0 aliphatic carbocycles. The molecular formula is C37H40NSi3. The first-order valence-corrected chi connectivity index (χ1v) is 19.8. The van der Waals surface area contributed by atoms with Crippen LogP contribution in [0.15, 0.2) is 152 Å². The van der Waals surface area contributed by atoms with Crippen molar-refractivity contribution in [1.82, 2.24) is 4.23 Å². The molecule has 0 heterocycles. The van der Waals surface area contributed by atoms with E-state index >= 15 is 0 Å². The zero-order valence-electron chi connectivity index (χ0n) is 24.3. The van der Waals surface area contributed by atoms with Crippen molar-refractivity contribution in [1.29, 1.82) is 0 Å². The second kappa shape index (κ2) is 15.1. The zero-order valence-corrected chi connectivity index (χ0v) is 27.3. The van der Waals surface area contributed by atoms with Crippen molar-refractivity contribution in [2.75, 3.05) is 6.54 Å². The van der Waals surface area contributed by atoms with Gasteiger partial charge in [-0.2, -0.15) is 0 Å². The van der Waals surface area contributed by atoms with Gasteiger partial charge in [0, 0.05) is 0 Å². The Kier molecular flexibility index (Phi) is 10.7. The van der Waals surface area contributed by atoms with Crippen LogP contribution in [0, 0.1) is 0 Å². The quantitative estimate of drug-likeness (QED) is 0.153. The lowest BCUT2D eigenvalue weighted by Crippen LogP contribution is -2.69. The van der Waals surface area contributed by atoms with Crippen LogP contribution in [0.2, 0.25) is 17.6 Å². The number of hydrogen-bond acceptors (Lipinski definition) is 1. The van der Waals surface area contributed by atoms with E-state index in [1.807, 2.05) is 0 Å². The van der Waals surface area contributed by atoms with Crippen LogP contribution >= 0.6 is 0 Å². The van der Waals surface area contributed by atoms with Crippen LogP contribution < -0.4 is 20.7 Å². The lowest BCUT2D eigenvalue weighted by atomic mass is 10.1. The molecule has 0 bridgehead atoms. The maximum Gasteiger partial charge on any atom is 0.202 e. The van der Waals surface area contributed by atoms with Gasteiger partial charge in [-0.1, -0.05) is 178 Å². The lowest BCUT2D eigenvalue weighted by Gasteiger charge is -2.41. The van der Waals surface area contributed by atoms with Crippen LogP contribution in [0.5, 0.6) is 0 Å². The molecular weight excluding hydrogens is 543 g/mol. The zero-order chi connectivity index (χ0) is 28.3. The van der Waals surface area contributed by atoms with Gasteiger partial charge in [-0.05, 0) is 44.8 Å². The van der Waals surface area contributed by atoms with E-state index in [-0.39, 0.29) is 0 Å². The molecule has 0 N–H and O–H groups in total. The molecule has 5 aromatic carbocycles. The molecule has 0 saturated carbocycles. The molecule has 0 aliphatic rings. The first kappa shape index (κ1) is 29.2. The van der Waals surface area contributed by atoms with Crippen LogP contribution in [0.1, 0.15) is 19.4 Å². The number of hydrogen-bond donors (Lipinski definition) is 0. The molecule has 0 aliphatic heterocycles. The summed E-state index contributed by atoms with van der Waals surface area (Å²) in [4.78, 5) is 0. The van der Waals surface area contributed by atoms with Crippen LogP contribution in [-0.2, 0) is 6.42 Å². The highest BCUT2D eigenvalue weighted by molar-refractivity contribution is 6.96. The van der Waals surface area contributed by atoms with E-state index in [4.69, 9.17) is 0 Å². The van der Waals surface area contributed by atoms with Crippen LogP contribution in [0.3, 0.4) is 0 Å². The summed E-state index contributed by atoms with van der Waals surface area (Å²) in [6.45, 7) is 5.99. The molecule has 0 fully saturated rings. The van der Waals surface area contributed by atoms with Crippen molar-refractivity contribution < 1.29 is 0 Å². The molecule has 0 amide bonds. The minimum atomic E-state index is -1.27. The van der Waals surface area contributed by atoms with Gasteiger partial charge in [0.25, 0.3) is 0 Å². The Morgan fingerprint density at radius 1 is 0.463 bits per heavy atom. The van der Waals surface area contributed by atoms with Gasteiger partial charge in [-0.3, -0.25) is 0 Å². The highest BCUT2D eigenvalue weighted by Gasteiger charge is 2.37. The summed E-state index contributed by atoms with van der Waals surface area (Å²) >= 11 is 0. The Morgan fingerprint density at radius 3 is 1.10 bits per heavy atom. The van der Waals surface area contributed by atoms with Gasteiger partial charge in [0.05, 0.1) is 8.80 Å². The smallest absolute Gasteiger partial charge is 0.202 e. The fraction of sp³-hybridized carbons (Fsp3) is 0.189. The Balaban J connectivity index is 1.70. The Labute approximate surface area is 252 Å². The topological polar surface area (TPSA) is 3.24 Å². The van der Waals surface area contributed by atoms with E-state index < -0.39 is 26.7 Å². The van der Waals surface area contributed by atoms with Gasteiger partial charge >= 0.3 is 0 Å². The van der Waals surface area contributed by atoms with E-state index in [0.717, 1.165) is 13.0 Å². The second-order valence-corrected chi connectivity index (χ2v) is 19.3. The van der Waals surface area contributed by atoms with Crippen LogP contribution in [0.25, 0.3) is 0 Å². The van der Waals surface area contributed by atoms with Crippen molar-refractivity contribution in [3.8, 4) is 0 Å². The number of benzene rings is 5. The van der Waals surface area contributed by atoms with E-state index in [1.165, 1.54) is 38.4 Å². The molecule has 5 aromatic rings. The number of nitrogens with zero attached hydrogens (tertiary/aromatic N) is 1. The van der Waals surface area contributed by atoms with E-state index in [0.29, 0.717) is 5.54 Å². The van der Waals surface area contributed by atoms with Crippen LogP contribution in [0.4, 0.5) is 0 Å². The standard InChI is InChI=1S/C37H40NSi3/c1-3-39(4-2)37(30-32-20-10-5-11-21-32)31-38(40(33-22-12-6-13-23-33)34-24-14-7-15-25-34)41(35-26-16-8-17-27-35)36-28-18-9-19-29-36/h5-29,37H,3-4,30-31H2,1-2H3. The first-order chi connectivity index (χ1) is 20.3. The Morgan fingerprint density at radius 2 is 0.780 bits per heavy atom. The average Bonchev–Trinajstić information content (AvgIpc) is 3.04. The molecule has 1 nitrogen and oxygen atoms in total. The first-order valence-electron chi connectivity index (χ1n) is 14.9. The van der Waals surface area contributed by atoms with Gasteiger partial charge in [0.1, 0.15) is 0 Å². The summed E-state index contributed by atoms with van der Waals surface area (Å²) in [5.74, 6) is 0. The van der Waals surface area contributed by atoms with Gasteiger partial charge in [0.15, 0.2) is 0 Å². The van der Waals surface area contributed by atoms with Crippen molar-refractivity contribution in [2.45, 2.75) is 37.9 Å². The van der Waals surface area contributed by atoms with Crippen molar-refractivity contribution in [3.05, 3.63) is 157 Å². The minimum Gasteiger partial charge on any atom is -0.332 e. The molecule has 1 unspecified atom stereocenters. The highest BCUT2D eigenvalue weighted by Crippen LogP contribution is 2.25. The van der Waals surface area contributed by atoms with E-state index in [1.54, 1.807) is 0 Å². The summed E-state index contributed by atoms with van der Waals surface area (Å²) < 4.78 is 3.04. The molecule has 4 heteroatoms. The molecule has 0 spiro atoms. The van der Waals surface area contributed by atoms with Gasteiger partial charge < -0.3 is 4.23 Å². The van der Waals surface area contributed by atoms with Gasteiger partial charge in [-0.25, -0.2) is 0 Å². The van der Waals surface area contributed by atoms with E-state index in [9.17, 15) is 0 Å². The summed E-state index contributed by atoms with van der Waals surface area (Å²) in [6.07, 6.45) is 1.16. The fourth-order valence-electron chi connectivity index (χ4n) is 5.92. The molecule has 41 heavy (non-hydrogen) atoms. The lowest BCUT2D eigenvalue weighted by molar-refractivity contribution is 0.606. The SMILES string of the molecule is CC[Si](CC)C(Cc1ccccc1)CN([Si](c1ccccc1)c1ccccc1)[Si](c1ccccc1)c1ccccc1. The maximum atomic E-state index is 3.04. The second-order valence-electron chi connectivity index (χ2n) is 10.5. The third-order valence-electron chi connectivity index (χ3n) is 7.94. The third-order valence-corrected chi connectivity index (χ3v) is 17.6. The predicted octanol–water partition coefficient (Wildman–Crippen LogP) is 6.05. The number of rotatable bonds is 13. The highest BCUT2D eigenvalue weighted by atomic mass is 28.4. The molecule has 5 rings (SSSR count). The van der Waals surface area contributed by atoms with Crippen LogP contribution in [-0.4, -0.2) is 37.5 Å². The minimum absolute atomic E-state index is 0.555.